The fourth-order valence-electron chi connectivity index (χ4n) is 3.52. The van der Waals surface area contributed by atoms with Crippen LogP contribution in [0.4, 0.5) is 0 Å². The van der Waals surface area contributed by atoms with Crippen LogP contribution in [0, 0.1) is 0 Å². The van der Waals surface area contributed by atoms with Gasteiger partial charge in [-0.05, 0) is 54.8 Å². The molecule has 0 fully saturated rings. The second kappa shape index (κ2) is 10.6. The molecule has 1 N–H and O–H groups in total. The van der Waals surface area contributed by atoms with Gasteiger partial charge in [0.05, 0.1) is 13.2 Å². The Kier molecular flexibility index (Phi) is 7.84. The summed E-state index contributed by atoms with van der Waals surface area (Å²) in [5.74, 6) is 1.60. The molecule has 0 amide bonds. The van der Waals surface area contributed by atoms with Gasteiger partial charge in [-0.3, -0.25) is 0 Å². The SMILES string of the molecule is CC/C(C)=C(/C=C/C1NCCc2cc(OCc3ccccc3)c(OC)cc21)SC. The van der Waals surface area contributed by atoms with Crippen LogP contribution in [0.2, 0.25) is 0 Å². The molecule has 0 aliphatic carbocycles. The summed E-state index contributed by atoms with van der Waals surface area (Å²) in [6, 6.07) is 14.7. The van der Waals surface area contributed by atoms with Gasteiger partial charge in [0, 0.05) is 11.4 Å². The number of fused-ring (bicyclic) bond motifs is 1. The fourth-order valence-corrected chi connectivity index (χ4v) is 4.23. The first-order valence-corrected chi connectivity index (χ1v) is 11.4. The zero-order valence-electron chi connectivity index (χ0n) is 17.8. The Morgan fingerprint density at radius 3 is 2.69 bits per heavy atom. The van der Waals surface area contributed by atoms with Crippen LogP contribution in [0.5, 0.6) is 11.5 Å². The third kappa shape index (κ3) is 5.46. The van der Waals surface area contributed by atoms with E-state index in [2.05, 4.69) is 61.8 Å². The summed E-state index contributed by atoms with van der Waals surface area (Å²) in [5, 5.41) is 3.63. The lowest BCUT2D eigenvalue weighted by Crippen LogP contribution is -2.28. The molecule has 1 heterocycles. The molecule has 3 nitrogen and oxygen atoms in total. The predicted molar refractivity (Wildman–Crippen MR) is 124 cm³/mol. The first-order valence-electron chi connectivity index (χ1n) is 10.2. The molecule has 3 rings (SSSR count). The second-order valence-electron chi connectivity index (χ2n) is 7.22. The monoisotopic (exact) mass is 409 g/mol. The van der Waals surface area contributed by atoms with Crippen LogP contribution in [0.25, 0.3) is 0 Å². The second-order valence-corrected chi connectivity index (χ2v) is 8.07. The zero-order chi connectivity index (χ0) is 20.6. The minimum Gasteiger partial charge on any atom is -0.493 e. The van der Waals surface area contributed by atoms with Crippen molar-refractivity contribution < 1.29 is 9.47 Å². The lowest BCUT2D eigenvalue weighted by atomic mass is 9.93. The molecular formula is C25H31NO2S. The lowest BCUT2D eigenvalue weighted by molar-refractivity contribution is 0.283. The number of thioether (sulfide) groups is 1. The lowest BCUT2D eigenvalue weighted by Gasteiger charge is -2.26. The quantitative estimate of drug-likeness (QED) is 0.537. The summed E-state index contributed by atoms with van der Waals surface area (Å²) in [7, 11) is 1.71. The maximum absolute atomic E-state index is 6.10. The van der Waals surface area contributed by atoms with Gasteiger partial charge in [0.25, 0.3) is 0 Å². The van der Waals surface area contributed by atoms with Gasteiger partial charge >= 0.3 is 0 Å². The van der Waals surface area contributed by atoms with Crippen molar-refractivity contribution in [3.8, 4) is 11.5 Å². The molecule has 1 unspecified atom stereocenters. The maximum atomic E-state index is 6.10. The van der Waals surface area contributed by atoms with Gasteiger partial charge < -0.3 is 14.8 Å². The topological polar surface area (TPSA) is 30.5 Å². The van der Waals surface area contributed by atoms with Crippen LogP contribution >= 0.6 is 11.8 Å². The third-order valence-electron chi connectivity index (χ3n) is 5.37. The minimum absolute atomic E-state index is 0.183. The Labute approximate surface area is 179 Å². The van der Waals surface area contributed by atoms with E-state index < -0.39 is 0 Å². The number of rotatable bonds is 8. The predicted octanol–water partition coefficient (Wildman–Crippen LogP) is 6.06. The van der Waals surface area contributed by atoms with E-state index in [1.165, 1.54) is 21.6 Å². The molecule has 0 radical (unpaired) electrons. The molecule has 1 atom stereocenters. The number of ether oxygens (including phenoxy) is 2. The van der Waals surface area contributed by atoms with Crippen molar-refractivity contribution in [3.05, 3.63) is 81.8 Å². The molecule has 0 spiro atoms. The van der Waals surface area contributed by atoms with E-state index in [9.17, 15) is 0 Å². The van der Waals surface area contributed by atoms with Gasteiger partial charge in [-0.2, -0.15) is 0 Å². The summed E-state index contributed by atoms with van der Waals surface area (Å²) < 4.78 is 11.8. The highest BCUT2D eigenvalue weighted by atomic mass is 32.2. The first-order chi connectivity index (χ1) is 14.2. The highest BCUT2D eigenvalue weighted by Crippen LogP contribution is 2.36. The molecule has 0 bridgehead atoms. The number of nitrogens with one attached hydrogen (secondary N) is 1. The van der Waals surface area contributed by atoms with Crippen molar-refractivity contribution >= 4 is 11.8 Å². The van der Waals surface area contributed by atoms with Crippen molar-refractivity contribution in [2.45, 2.75) is 39.3 Å². The van der Waals surface area contributed by atoms with Gasteiger partial charge in [-0.1, -0.05) is 55.0 Å². The third-order valence-corrected chi connectivity index (χ3v) is 6.29. The Hall–Kier alpha value is -2.17. The highest BCUT2D eigenvalue weighted by Gasteiger charge is 2.21. The van der Waals surface area contributed by atoms with E-state index in [1.54, 1.807) is 7.11 Å². The molecule has 29 heavy (non-hydrogen) atoms. The smallest absolute Gasteiger partial charge is 0.161 e. The Bertz CT molecular complexity index is 874. The Morgan fingerprint density at radius 2 is 2.00 bits per heavy atom. The molecule has 0 aromatic heterocycles. The molecule has 2 aromatic rings. The van der Waals surface area contributed by atoms with Crippen molar-refractivity contribution in [1.29, 1.82) is 0 Å². The van der Waals surface area contributed by atoms with Crippen molar-refractivity contribution in [3.63, 3.8) is 0 Å². The van der Waals surface area contributed by atoms with E-state index in [-0.39, 0.29) is 6.04 Å². The van der Waals surface area contributed by atoms with Gasteiger partial charge in [-0.25, -0.2) is 0 Å². The van der Waals surface area contributed by atoms with Gasteiger partial charge in [0.15, 0.2) is 11.5 Å². The van der Waals surface area contributed by atoms with Crippen molar-refractivity contribution in [2.75, 3.05) is 19.9 Å². The molecule has 1 aliphatic heterocycles. The molecule has 1 aliphatic rings. The van der Waals surface area contributed by atoms with Crippen LogP contribution in [0.1, 0.15) is 43.0 Å². The number of methoxy groups -OCH3 is 1. The summed E-state index contributed by atoms with van der Waals surface area (Å²) in [6.45, 7) is 5.90. The van der Waals surface area contributed by atoms with Crippen LogP contribution in [-0.2, 0) is 13.0 Å². The Balaban J connectivity index is 1.84. The normalized spacial score (nSPS) is 17.0. The zero-order valence-corrected chi connectivity index (χ0v) is 18.6. The van der Waals surface area contributed by atoms with Crippen LogP contribution in [0.3, 0.4) is 0 Å². The molecule has 2 aromatic carbocycles. The van der Waals surface area contributed by atoms with Gasteiger partial charge in [0.1, 0.15) is 6.61 Å². The standard InChI is InChI=1S/C25H31NO2S/c1-5-18(2)25(29-4)12-11-22-21-16-23(27-3)24(15-20(21)13-14-26-22)28-17-19-9-7-6-8-10-19/h6-12,15-16,22,26H,5,13-14,17H2,1-4H3/b12-11+,25-18-. The van der Waals surface area contributed by atoms with E-state index in [0.29, 0.717) is 6.61 Å². The number of benzene rings is 2. The molecule has 154 valence electrons. The summed E-state index contributed by atoms with van der Waals surface area (Å²) in [5.41, 5.74) is 5.17. The van der Waals surface area contributed by atoms with Crippen LogP contribution < -0.4 is 14.8 Å². The van der Waals surface area contributed by atoms with E-state index in [4.69, 9.17) is 9.47 Å². The fraction of sp³-hybridized carbons (Fsp3) is 0.360. The number of hydrogen-bond acceptors (Lipinski definition) is 4. The van der Waals surface area contributed by atoms with E-state index in [1.807, 2.05) is 30.0 Å². The average molecular weight is 410 g/mol. The van der Waals surface area contributed by atoms with Crippen molar-refractivity contribution in [2.24, 2.45) is 0 Å². The van der Waals surface area contributed by atoms with E-state index >= 15 is 0 Å². The van der Waals surface area contributed by atoms with Crippen LogP contribution in [0.15, 0.2) is 65.1 Å². The minimum atomic E-state index is 0.183. The summed E-state index contributed by atoms with van der Waals surface area (Å²) in [4.78, 5) is 1.34. The summed E-state index contributed by atoms with van der Waals surface area (Å²) in [6.07, 6.45) is 8.73. The number of hydrogen-bond donors (Lipinski definition) is 1. The summed E-state index contributed by atoms with van der Waals surface area (Å²) >= 11 is 1.81. The van der Waals surface area contributed by atoms with Gasteiger partial charge in [-0.15, -0.1) is 11.8 Å². The molecule has 0 saturated carbocycles. The molecule has 4 heteroatoms. The van der Waals surface area contributed by atoms with E-state index in [0.717, 1.165) is 36.4 Å². The molecule has 0 saturated heterocycles. The Morgan fingerprint density at radius 1 is 1.21 bits per heavy atom. The average Bonchev–Trinajstić information content (AvgIpc) is 2.77. The molecular weight excluding hydrogens is 378 g/mol. The largest absolute Gasteiger partial charge is 0.493 e. The van der Waals surface area contributed by atoms with Crippen molar-refractivity contribution in [1.82, 2.24) is 5.32 Å². The van der Waals surface area contributed by atoms with Crippen LogP contribution in [-0.4, -0.2) is 19.9 Å². The number of allylic oxidation sites excluding steroid dienone is 2. The maximum Gasteiger partial charge on any atom is 0.161 e. The van der Waals surface area contributed by atoms with Gasteiger partial charge in [0.2, 0.25) is 0 Å². The highest BCUT2D eigenvalue weighted by molar-refractivity contribution is 8.02. The first kappa shape index (κ1) is 21.5.